The van der Waals surface area contributed by atoms with Crippen molar-refractivity contribution in [1.29, 1.82) is 0 Å². The van der Waals surface area contributed by atoms with E-state index in [1.165, 1.54) is 11.8 Å². The molecule has 0 aliphatic heterocycles. The van der Waals surface area contributed by atoms with Crippen LogP contribution in [-0.4, -0.2) is 16.0 Å². The van der Waals surface area contributed by atoms with Crippen LogP contribution in [0.2, 0.25) is 0 Å². The molecule has 4 heteroatoms. The predicted molar refractivity (Wildman–Crippen MR) is 95.8 cm³/mol. The summed E-state index contributed by atoms with van der Waals surface area (Å²) in [5.41, 5.74) is 1.95. The molecule has 0 aliphatic rings. The zero-order valence-electron chi connectivity index (χ0n) is 13.0. The summed E-state index contributed by atoms with van der Waals surface area (Å²) < 4.78 is 0. The Balaban J connectivity index is 2.15. The molecule has 0 saturated heterocycles. The lowest BCUT2D eigenvalue weighted by molar-refractivity contribution is -0.116. The molecular weight excluding hydrogens is 314 g/mol. The van der Waals surface area contributed by atoms with Crippen molar-refractivity contribution in [2.24, 2.45) is 0 Å². The highest BCUT2D eigenvalue weighted by atomic mass is 35.5. The maximum absolute atomic E-state index is 12.6. The zero-order chi connectivity index (χ0) is 16.2. The van der Waals surface area contributed by atoms with Gasteiger partial charge in [-0.25, -0.2) is 0 Å². The van der Waals surface area contributed by atoms with Gasteiger partial charge in [-0.05, 0) is 45.0 Å². The number of aryl methyl sites for hydroxylation is 1. The van der Waals surface area contributed by atoms with Crippen molar-refractivity contribution < 1.29 is 4.79 Å². The van der Waals surface area contributed by atoms with Gasteiger partial charge in [0, 0.05) is 10.6 Å². The summed E-state index contributed by atoms with van der Waals surface area (Å²) >= 11 is 7.94. The molecule has 1 unspecified atom stereocenters. The van der Waals surface area contributed by atoms with Gasteiger partial charge in [0.1, 0.15) is 5.25 Å². The third-order valence-electron chi connectivity index (χ3n) is 3.18. The highest BCUT2D eigenvalue weighted by Crippen LogP contribution is 2.35. The number of halogens is 1. The van der Waals surface area contributed by atoms with Gasteiger partial charge in [-0.15, -0.1) is 23.4 Å². The van der Waals surface area contributed by atoms with Crippen LogP contribution in [-0.2, 0) is 4.79 Å². The Morgan fingerprint density at radius 1 is 1.09 bits per heavy atom. The van der Waals surface area contributed by atoms with Crippen molar-refractivity contribution in [2.45, 2.75) is 35.8 Å². The Hall–Kier alpha value is -1.45. The summed E-state index contributed by atoms with van der Waals surface area (Å²) in [6.45, 7) is 5.75. The minimum absolute atomic E-state index is 0.0855. The van der Waals surface area contributed by atoms with E-state index in [0.29, 0.717) is 0 Å². The van der Waals surface area contributed by atoms with Gasteiger partial charge in [-0.1, -0.05) is 35.9 Å². The smallest absolute Gasteiger partial charge is 0.239 e. The van der Waals surface area contributed by atoms with Gasteiger partial charge in [0.2, 0.25) is 5.91 Å². The first kappa shape index (κ1) is 16.9. The average molecular weight is 334 g/mol. The molecule has 1 amide bonds. The monoisotopic (exact) mass is 333 g/mol. The number of thioether (sulfide) groups is 1. The lowest BCUT2D eigenvalue weighted by Crippen LogP contribution is -2.38. The molecule has 0 aliphatic carbocycles. The molecule has 0 bridgehead atoms. The van der Waals surface area contributed by atoms with Crippen LogP contribution in [0.15, 0.2) is 59.5 Å². The molecular formula is C18H20ClNOS. The van der Waals surface area contributed by atoms with Crippen LogP contribution < -0.4 is 5.32 Å². The highest BCUT2D eigenvalue weighted by molar-refractivity contribution is 8.00. The van der Waals surface area contributed by atoms with E-state index in [0.717, 1.165) is 16.1 Å². The first-order valence-corrected chi connectivity index (χ1v) is 8.40. The Bertz CT molecular complexity index is 620. The van der Waals surface area contributed by atoms with Crippen LogP contribution in [0.25, 0.3) is 0 Å². The Morgan fingerprint density at radius 3 is 2.23 bits per heavy atom. The van der Waals surface area contributed by atoms with Crippen molar-refractivity contribution >= 4 is 35.0 Å². The molecule has 0 fully saturated rings. The summed E-state index contributed by atoms with van der Waals surface area (Å²) in [7, 11) is 0. The highest BCUT2D eigenvalue weighted by Gasteiger charge is 2.34. The topological polar surface area (TPSA) is 29.1 Å². The fraction of sp³-hybridized carbons (Fsp3) is 0.278. The second-order valence-corrected chi connectivity index (χ2v) is 7.88. The molecule has 0 aromatic heterocycles. The number of hydrogen-bond donors (Lipinski definition) is 1. The van der Waals surface area contributed by atoms with E-state index >= 15 is 0 Å². The predicted octanol–water partition coefficient (Wildman–Crippen LogP) is 5.11. The van der Waals surface area contributed by atoms with Crippen LogP contribution in [0.3, 0.4) is 0 Å². The number of hydrogen-bond acceptors (Lipinski definition) is 2. The van der Waals surface area contributed by atoms with E-state index in [2.05, 4.69) is 5.32 Å². The van der Waals surface area contributed by atoms with Crippen LogP contribution in [0.4, 0.5) is 5.69 Å². The molecule has 22 heavy (non-hydrogen) atoms. The van der Waals surface area contributed by atoms with Gasteiger partial charge >= 0.3 is 0 Å². The third-order valence-corrected chi connectivity index (χ3v) is 5.11. The van der Waals surface area contributed by atoms with E-state index in [1.54, 1.807) is 0 Å². The van der Waals surface area contributed by atoms with Crippen molar-refractivity contribution in [3.05, 3.63) is 60.2 Å². The van der Waals surface area contributed by atoms with Crippen molar-refractivity contribution in [2.75, 3.05) is 5.32 Å². The number of benzene rings is 2. The van der Waals surface area contributed by atoms with E-state index in [-0.39, 0.29) is 5.91 Å². The Kier molecular flexibility index (Phi) is 5.54. The van der Waals surface area contributed by atoms with Gasteiger partial charge in [-0.2, -0.15) is 0 Å². The lowest BCUT2D eigenvalue weighted by Gasteiger charge is -2.27. The molecule has 2 rings (SSSR count). The van der Waals surface area contributed by atoms with Crippen molar-refractivity contribution in [3.63, 3.8) is 0 Å². The number of alkyl halides is 1. The summed E-state index contributed by atoms with van der Waals surface area (Å²) in [6.07, 6.45) is 0. The first-order valence-electron chi connectivity index (χ1n) is 7.14. The first-order chi connectivity index (χ1) is 10.4. The molecule has 0 spiro atoms. The normalized spacial score (nSPS) is 12.7. The van der Waals surface area contributed by atoms with Crippen molar-refractivity contribution in [3.8, 4) is 0 Å². The molecule has 116 valence electrons. The van der Waals surface area contributed by atoms with Crippen molar-refractivity contribution in [1.82, 2.24) is 0 Å². The number of amides is 1. The second-order valence-electron chi connectivity index (χ2n) is 5.73. The van der Waals surface area contributed by atoms with E-state index in [9.17, 15) is 4.79 Å². The molecule has 0 heterocycles. The number of carbonyl (C=O) groups excluding carboxylic acids is 1. The lowest BCUT2D eigenvalue weighted by atomic mass is 10.1. The number of nitrogens with one attached hydrogen (secondary N) is 1. The maximum Gasteiger partial charge on any atom is 0.239 e. The van der Waals surface area contributed by atoms with Gasteiger partial charge in [-0.3, -0.25) is 4.79 Å². The number of carbonyl (C=O) groups is 1. The van der Waals surface area contributed by atoms with Gasteiger partial charge < -0.3 is 5.32 Å². The van der Waals surface area contributed by atoms with Gasteiger partial charge in [0.25, 0.3) is 0 Å². The minimum atomic E-state index is -0.657. The van der Waals surface area contributed by atoms with Crippen LogP contribution >= 0.6 is 23.4 Å². The quantitative estimate of drug-likeness (QED) is 0.608. The van der Waals surface area contributed by atoms with Crippen LogP contribution in [0.5, 0.6) is 0 Å². The molecule has 2 nitrogen and oxygen atoms in total. The molecule has 1 atom stereocenters. The van der Waals surface area contributed by atoms with Crippen LogP contribution in [0.1, 0.15) is 19.4 Å². The number of anilines is 1. The summed E-state index contributed by atoms with van der Waals surface area (Å²) in [4.78, 5) is 13.0. The molecule has 0 saturated carbocycles. The van der Waals surface area contributed by atoms with Gasteiger partial charge in [0.15, 0.2) is 0 Å². The fourth-order valence-electron chi connectivity index (χ4n) is 1.99. The maximum atomic E-state index is 12.6. The zero-order valence-corrected chi connectivity index (χ0v) is 14.5. The van der Waals surface area contributed by atoms with E-state index in [4.69, 9.17) is 11.6 Å². The molecule has 2 aromatic rings. The largest absolute Gasteiger partial charge is 0.325 e. The average Bonchev–Trinajstić information content (AvgIpc) is 2.47. The molecule has 2 aromatic carbocycles. The minimum Gasteiger partial charge on any atom is -0.325 e. The van der Waals surface area contributed by atoms with E-state index in [1.807, 2.05) is 75.4 Å². The Labute approximate surface area is 141 Å². The Morgan fingerprint density at radius 2 is 1.68 bits per heavy atom. The second kappa shape index (κ2) is 7.21. The number of rotatable bonds is 5. The molecule has 1 N–H and O–H groups in total. The SMILES string of the molecule is Cc1ccc(NC(=O)C(Sc2ccccc2)C(C)(C)Cl)cc1. The standard InChI is InChI=1S/C18H20ClNOS/c1-13-9-11-14(12-10-13)20-17(21)16(18(2,3)19)22-15-7-5-4-6-8-15/h4-12,16H,1-3H3,(H,20,21). The fourth-order valence-corrected chi connectivity index (χ4v) is 3.25. The summed E-state index contributed by atoms with van der Waals surface area (Å²) in [6, 6.07) is 17.6. The summed E-state index contributed by atoms with van der Waals surface area (Å²) in [5.74, 6) is -0.0855. The van der Waals surface area contributed by atoms with E-state index < -0.39 is 10.1 Å². The third kappa shape index (κ3) is 4.79. The van der Waals surface area contributed by atoms with Gasteiger partial charge in [0.05, 0.1) is 4.87 Å². The van der Waals surface area contributed by atoms with Crippen LogP contribution in [0, 0.1) is 6.92 Å². The summed E-state index contributed by atoms with van der Waals surface area (Å²) in [5, 5.41) is 2.56. The molecule has 0 radical (unpaired) electrons.